The number of hydrogen-bond acceptors (Lipinski definition) is 5. The lowest BCUT2D eigenvalue weighted by atomic mass is 9.49. The van der Waals surface area contributed by atoms with E-state index in [0.29, 0.717) is 5.41 Å². The van der Waals surface area contributed by atoms with Crippen molar-refractivity contribution in [2.45, 2.75) is 56.8 Å². The molecule has 4 aliphatic carbocycles. The highest BCUT2D eigenvalue weighted by molar-refractivity contribution is 9.10. The van der Waals surface area contributed by atoms with Crippen LogP contribution in [0.1, 0.15) is 56.2 Å². The minimum Gasteiger partial charge on any atom is -0.395 e. The lowest BCUT2D eigenvalue weighted by molar-refractivity contribution is -0.00354. The number of aliphatic hydroxyl groups is 1. The van der Waals surface area contributed by atoms with Crippen molar-refractivity contribution in [1.82, 2.24) is 9.80 Å². The molecule has 6 heteroatoms. The van der Waals surface area contributed by atoms with Crippen molar-refractivity contribution >= 4 is 37.4 Å². The van der Waals surface area contributed by atoms with Crippen LogP contribution in [-0.2, 0) is 5.41 Å². The van der Waals surface area contributed by atoms with E-state index in [9.17, 15) is 0 Å². The average molecular weight is 559 g/mol. The summed E-state index contributed by atoms with van der Waals surface area (Å²) in [5.41, 5.74) is 0.434. The van der Waals surface area contributed by atoms with E-state index in [1.54, 1.807) is 4.88 Å². The van der Waals surface area contributed by atoms with Crippen LogP contribution in [0, 0.1) is 17.8 Å². The van der Waals surface area contributed by atoms with Crippen molar-refractivity contribution in [2.24, 2.45) is 22.7 Å². The first-order valence-corrected chi connectivity index (χ1v) is 15.5. The van der Waals surface area contributed by atoms with E-state index < -0.39 is 0 Å². The van der Waals surface area contributed by atoms with Crippen LogP contribution in [0.5, 0.6) is 0 Å². The summed E-state index contributed by atoms with van der Waals surface area (Å²) in [4.78, 5) is 11.8. The standard InChI is InChI=1S/C29H40BrN3OS/c30-24-3-4-27-25(16-24)26(31-5-1-2-6-32-7-9-33(10-8-32)11-12-34)17-28(35-27)29-18-21-13-22(19-29)15-23(14-21)20-29/h3-4,16-17,21-23,34H,1-2,5-15,18-20H2. The van der Waals surface area contributed by atoms with Gasteiger partial charge in [0.1, 0.15) is 0 Å². The predicted molar refractivity (Wildman–Crippen MR) is 149 cm³/mol. The van der Waals surface area contributed by atoms with Crippen LogP contribution in [0.25, 0.3) is 10.1 Å². The molecule has 0 unspecified atom stereocenters. The van der Waals surface area contributed by atoms with Crippen molar-refractivity contribution < 1.29 is 5.11 Å². The average Bonchev–Trinajstić information content (AvgIpc) is 2.84. The molecule has 0 radical (unpaired) electrons. The zero-order valence-corrected chi connectivity index (χ0v) is 23.3. The Kier molecular flexibility index (Phi) is 7.38. The van der Waals surface area contributed by atoms with Gasteiger partial charge >= 0.3 is 0 Å². The van der Waals surface area contributed by atoms with Crippen molar-refractivity contribution in [3.8, 4) is 0 Å². The van der Waals surface area contributed by atoms with Crippen LogP contribution in [0.3, 0.4) is 0 Å². The summed E-state index contributed by atoms with van der Waals surface area (Å²) in [6, 6.07) is 9.29. The van der Waals surface area contributed by atoms with Crippen molar-refractivity contribution in [2.75, 3.05) is 52.4 Å². The van der Waals surface area contributed by atoms with Gasteiger partial charge in [-0.15, -0.1) is 11.3 Å². The molecular weight excluding hydrogens is 518 g/mol. The first-order chi connectivity index (χ1) is 17.1. The highest BCUT2D eigenvalue weighted by atomic mass is 79.9. The molecule has 1 aromatic carbocycles. The number of aliphatic hydroxyl groups excluding tert-OH is 1. The summed E-state index contributed by atoms with van der Waals surface area (Å²) in [5, 5.41) is 11.7. The molecule has 0 spiro atoms. The molecule has 2 aromatic rings. The Hall–Kier alpha value is -0.790. The molecule has 0 atom stereocenters. The maximum atomic E-state index is 9.14. The Bertz CT molecular complexity index is 1070. The SMILES string of the molecule is OCCN1CCN(CCCCN=c2cc(C34CC5CC(CC(C5)C3)C4)sc3ccc(Br)cc23)CC1. The van der Waals surface area contributed by atoms with Gasteiger partial charge in [0.2, 0.25) is 0 Å². The molecule has 35 heavy (non-hydrogen) atoms. The second-order valence-corrected chi connectivity index (χ2v) is 13.8. The van der Waals surface area contributed by atoms with E-state index >= 15 is 0 Å². The summed E-state index contributed by atoms with van der Waals surface area (Å²) in [5.74, 6) is 2.92. The number of nitrogens with zero attached hydrogens (tertiary/aromatic N) is 3. The van der Waals surface area contributed by atoms with E-state index in [0.717, 1.165) is 67.9 Å². The summed E-state index contributed by atoms with van der Waals surface area (Å²) >= 11 is 5.76. The quantitative estimate of drug-likeness (QED) is 0.440. The van der Waals surface area contributed by atoms with Crippen LogP contribution in [0.2, 0.25) is 0 Å². The van der Waals surface area contributed by atoms with Gasteiger partial charge in [0, 0.05) is 64.1 Å². The third-order valence-electron chi connectivity index (χ3n) is 9.31. The lowest BCUT2D eigenvalue weighted by Crippen LogP contribution is -2.48. The summed E-state index contributed by atoms with van der Waals surface area (Å²) in [7, 11) is 0. The maximum absolute atomic E-state index is 9.14. The fourth-order valence-electron chi connectivity index (χ4n) is 7.97. The van der Waals surface area contributed by atoms with Crippen molar-refractivity contribution in [3.63, 3.8) is 0 Å². The van der Waals surface area contributed by atoms with Gasteiger partial charge in [-0.25, -0.2) is 0 Å². The molecule has 4 saturated carbocycles. The molecule has 5 fully saturated rings. The van der Waals surface area contributed by atoms with E-state index in [4.69, 9.17) is 10.1 Å². The zero-order valence-electron chi connectivity index (χ0n) is 20.9. The van der Waals surface area contributed by atoms with Gasteiger partial charge in [0.05, 0.1) is 12.0 Å². The Morgan fingerprint density at radius 2 is 1.57 bits per heavy atom. The number of hydrogen-bond donors (Lipinski definition) is 1. The Morgan fingerprint density at radius 1 is 0.914 bits per heavy atom. The van der Waals surface area contributed by atoms with Gasteiger partial charge in [-0.1, -0.05) is 15.9 Å². The molecular formula is C29H40BrN3OS. The van der Waals surface area contributed by atoms with Gasteiger partial charge in [0.25, 0.3) is 0 Å². The topological polar surface area (TPSA) is 39.1 Å². The number of benzene rings is 1. The van der Waals surface area contributed by atoms with Crippen LogP contribution in [0.4, 0.5) is 0 Å². The molecule has 0 amide bonds. The Morgan fingerprint density at radius 3 is 2.23 bits per heavy atom. The van der Waals surface area contributed by atoms with Crippen molar-refractivity contribution in [1.29, 1.82) is 0 Å². The second-order valence-electron chi connectivity index (χ2n) is 11.8. The third kappa shape index (κ3) is 5.29. The zero-order chi connectivity index (χ0) is 23.8. The van der Waals surface area contributed by atoms with E-state index in [2.05, 4.69) is 61.3 Å². The number of rotatable bonds is 8. The van der Waals surface area contributed by atoms with Gasteiger partial charge in [-0.2, -0.15) is 0 Å². The molecule has 4 bridgehead atoms. The predicted octanol–water partition coefficient (Wildman–Crippen LogP) is 5.42. The molecule has 7 rings (SSSR count). The van der Waals surface area contributed by atoms with E-state index in [1.165, 1.54) is 66.9 Å². The maximum Gasteiger partial charge on any atom is 0.0672 e. The molecule has 1 N–H and O–H groups in total. The summed E-state index contributed by atoms with van der Waals surface area (Å²) in [6.45, 7) is 7.62. The van der Waals surface area contributed by atoms with Gasteiger partial charge in [0.15, 0.2) is 0 Å². The molecule has 2 heterocycles. The van der Waals surface area contributed by atoms with Crippen LogP contribution in [-0.4, -0.2) is 67.3 Å². The highest BCUT2D eigenvalue weighted by Gasteiger charge is 2.52. The van der Waals surface area contributed by atoms with Gasteiger partial charge in [-0.05, 0) is 99.9 Å². The number of β-amino-alcohol motifs (C(OH)–C–C–N with tert-alkyl or cyclic N) is 1. The number of halogens is 1. The Labute approximate surface area is 222 Å². The fourth-order valence-corrected chi connectivity index (χ4v) is 9.62. The highest BCUT2D eigenvalue weighted by Crippen LogP contribution is 2.61. The minimum absolute atomic E-state index is 0.275. The normalized spacial score (nSPS) is 31.6. The molecule has 1 saturated heterocycles. The molecule has 1 aromatic heterocycles. The first-order valence-electron chi connectivity index (χ1n) is 13.9. The van der Waals surface area contributed by atoms with Crippen LogP contribution >= 0.6 is 27.3 Å². The smallest absolute Gasteiger partial charge is 0.0672 e. The third-order valence-corrected chi connectivity index (χ3v) is 11.2. The number of piperazine rings is 1. The largest absolute Gasteiger partial charge is 0.395 e. The second kappa shape index (κ2) is 10.5. The molecule has 1 aliphatic heterocycles. The molecule has 4 nitrogen and oxygen atoms in total. The summed E-state index contributed by atoms with van der Waals surface area (Å²) in [6.07, 6.45) is 11.1. The molecule has 5 aliphatic rings. The van der Waals surface area contributed by atoms with Crippen LogP contribution < -0.4 is 5.36 Å². The number of unbranched alkanes of at least 4 members (excludes halogenated alkanes) is 1. The minimum atomic E-state index is 0.275. The lowest BCUT2D eigenvalue weighted by Gasteiger charge is -2.56. The van der Waals surface area contributed by atoms with Gasteiger partial charge < -0.3 is 10.0 Å². The monoisotopic (exact) mass is 557 g/mol. The molecule has 190 valence electrons. The van der Waals surface area contributed by atoms with E-state index in [-0.39, 0.29) is 6.61 Å². The van der Waals surface area contributed by atoms with Gasteiger partial charge in [-0.3, -0.25) is 9.89 Å². The number of fused-ring (bicyclic) bond motifs is 1. The van der Waals surface area contributed by atoms with E-state index in [1.807, 2.05) is 0 Å². The van der Waals surface area contributed by atoms with Crippen molar-refractivity contribution in [3.05, 3.63) is 39.0 Å². The first kappa shape index (κ1) is 24.5. The van der Waals surface area contributed by atoms with Crippen LogP contribution in [0.15, 0.2) is 33.7 Å². The fraction of sp³-hybridized carbons (Fsp3) is 0.690. The Balaban J connectivity index is 1.16. The summed E-state index contributed by atoms with van der Waals surface area (Å²) < 4.78 is 2.55.